The molecule has 170 valence electrons. The van der Waals surface area contributed by atoms with Gasteiger partial charge in [0.15, 0.2) is 0 Å². The van der Waals surface area contributed by atoms with Crippen molar-refractivity contribution in [2.75, 3.05) is 18.5 Å². The van der Waals surface area contributed by atoms with Crippen LogP contribution in [-0.4, -0.2) is 61.6 Å². The zero-order chi connectivity index (χ0) is 22.5. The Bertz CT molecular complexity index is 1050. The Labute approximate surface area is 187 Å². The molecule has 0 saturated carbocycles. The third kappa shape index (κ3) is 4.09. The molecule has 2 unspecified atom stereocenters. The molecule has 1 amide bonds. The molecule has 2 aromatic rings. The Morgan fingerprint density at radius 1 is 1.22 bits per heavy atom. The normalized spacial score (nSPS) is 23.0. The lowest BCUT2D eigenvalue weighted by Crippen LogP contribution is -2.45. The van der Waals surface area contributed by atoms with Crippen molar-refractivity contribution < 1.29 is 14.3 Å². The fraction of sp³-hybridized carbons (Fsp3) is 0.565. The minimum atomic E-state index is -0.496. The lowest BCUT2D eigenvalue weighted by Gasteiger charge is -2.35. The Hall–Kier alpha value is -2.94. The second-order valence-electron chi connectivity index (χ2n) is 9.83. The van der Waals surface area contributed by atoms with Gasteiger partial charge in [0.1, 0.15) is 5.60 Å². The summed E-state index contributed by atoms with van der Waals surface area (Å²) in [6.07, 6.45) is 10.2. The largest absolute Gasteiger partial charge is 0.444 e. The van der Waals surface area contributed by atoms with Gasteiger partial charge >= 0.3 is 6.09 Å². The van der Waals surface area contributed by atoms with Crippen LogP contribution in [0, 0.1) is 6.92 Å². The van der Waals surface area contributed by atoms with Gasteiger partial charge in [-0.15, -0.1) is 0 Å². The monoisotopic (exact) mass is 438 g/mol. The number of anilines is 2. The van der Waals surface area contributed by atoms with E-state index in [0.29, 0.717) is 25.2 Å². The van der Waals surface area contributed by atoms with Gasteiger partial charge in [-0.3, -0.25) is 9.58 Å². The van der Waals surface area contributed by atoms with Crippen molar-refractivity contribution in [3.05, 3.63) is 35.9 Å². The van der Waals surface area contributed by atoms with Crippen molar-refractivity contribution in [1.82, 2.24) is 24.6 Å². The van der Waals surface area contributed by atoms with Crippen molar-refractivity contribution in [3.63, 3.8) is 0 Å². The van der Waals surface area contributed by atoms with Gasteiger partial charge in [0.2, 0.25) is 5.95 Å². The number of amides is 1. The van der Waals surface area contributed by atoms with E-state index in [4.69, 9.17) is 14.5 Å². The molecule has 9 nitrogen and oxygen atoms in total. The minimum absolute atomic E-state index is 0.0484. The third-order valence-electron chi connectivity index (χ3n) is 6.13. The predicted molar refractivity (Wildman–Crippen MR) is 120 cm³/mol. The summed E-state index contributed by atoms with van der Waals surface area (Å²) in [6, 6.07) is 0.492. The van der Waals surface area contributed by atoms with Crippen molar-refractivity contribution in [3.8, 4) is 0 Å². The van der Waals surface area contributed by atoms with Crippen LogP contribution in [0.3, 0.4) is 0 Å². The van der Waals surface area contributed by atoms with Gasteiger partial charge in [-0.05, 0) is 58.1 Å². The SMILES string of the molecule is Cc1cnc(Nc2cnn(C3COC3)c2)nc1C1=CC2CCC(C1)N2C(=O)OC(C)(C)C. The van der Waals surface area contributed by atoms with Crippen LogP contribution in [0.1, 0.15) is 57.3 Å². The van der Waals surface area contributed by atoms with Gasteiger partial charge in [-0.2, -0.15) is 5.10 Å². The highest BCUT2D eigenvalue weighted by Gasteiger charge is 2.42. The predicted octanol–water partition coefficient (Wildman–Crippen LogP) is 3.85. The Morgan fingerprint density at radius 2 is 2.03 bits per heavy atom. The number of rotatable bonds is 4. The zero-order valence-corrected chi connectivity index (χ0v) is 19.0. The van der Waals surface area contributed by atoms with Crippen LogP contribution in [0.25, 0.3) is 5.57 Å². The molecule has 3 aliphatic heterocycles. The molecule has 2 atom stereocenters. The molecule has 0 spiro atoms. The number of carbonyl (C=O) groups excluding carboxylic acids is 1. The van der Waals surface area contributed by atoms with Gasteiger partial charge in [-0.1, -0.05) is 6.08 Å². The zero-order valence-electron chi connectivity index (χ0n) is 19.0. The first-order valence-corrected chi connectivity index (χ1v) is 11.2. The number of hydrogen-bond acceptors (Lipinski definition) is 7. The summed E-state index contributed by atoms with van der Waals surface area (Å²) in [4.78, 5) is 23.9. The maximum Gasteiger partial charge on any atom is 0.411 e. The number of ether oxygens (including phenoxy) is 2. The molecular weight excluding hydrogens is 408 g/mol. The molecule has 32 heavy (non-hydrogen) atoms. The number of fused-ring (bicyclic) bond motifs is 2. The van der Waals surface area contributed by atoms with Crippen molar-refractivity contribution in [2.24, 2.45) is 0 Å². The average molecular weight is 439 g/mol. The summed E-state index contributed by atoms with van der Waals surface area (Å²) in [5.74, 6) is 0.540. The lowest BCUT2D eigenvalue weighted by atomic mass is 9.96. The van der Waals surface area contributed by atoms with Gasteiger partial charge in [0, 0.05) is 18.4 Å². The number of hydrogen-bond donors (Lipinski definition) is 1. The first kappa shape index (κ1) is 20.9. The Kier molecular flexibility index (Phi) is 5.16. The molecule has 2 aromatic heterocycles. The van der Waals surface area contributed by atoms with E-state index < -0.39 is 5.60 Å². The van der Waals surface area contributed by atoms with E-state index >= 15 is 0 Å². The molecule has 3 aliphatic rings. The maximum atomic E-state index is 12.7. The van der Waals surface area contributed by atoms with Crippen molar-refractivity contribution in [1.29, 1.82) is 0 Å². The molecule has 9 heteroatoms. The number of aryl methyl sites for hydroxylation is 1. The van der Waals surface area contributed by atoms with E-state index in [2.05, 4.69) is 21.5 Å². The highest BCUT2D eigenvalue weighted by atomic mass is 16.6. The summed E-state index contributed by atoms with van der Waals surface area (Å²) in [7, 11) is 0. The highest BCUT2D eigenvalue weighted by Crippen LogP contribution is 2.39. The van der Waals surface area contributed by atoms with E-state index in [-0.39, 0.29) is 18.2 Å². The van der Waals surface area contributed by atoms with E-state index in [1.54, 1.807) is 6.20 Å². The third-order valence-corrected chi connectivity index (χ3v) is 6.13. The van der Waals surface area contributed by atoms with E-state index in [0.717, 1.165) is 36.2 Å². The molecular formula is C23H30N6O3. The number of aromatic nitrogens is 4. The molecule has 5 heterocycles. The minimum Gasteiger partial charge on any atom is -0.444 e. The second kappa shape index (κ2) is 7.88. The summed E-state index contributed by atoms with van der Waals surface area (Å²) >= 11 is 0. The fourth-order valence-electron chi connectivity index (χ4n) is 4.54. The first-order chi connectivity index (χ1) is 15.3. The van der Waals surface area contributed by atoms with Crippen molar-refractivity contribution in [2.45, 2.75) is 70.7 Å². The van der Waals surface area contributed by atoms with Crippen LogP contribution >= 0.6 is 0 Å². The number of nitrogens with zero attached hydrogens (tertiary/aromatic N) is 5. The molecule has 1 N–H and O–H groups in total. The maximum absolute atomic E-state index is 12.7. The fourth-order valence-corrected chi connectivity index (χ4v) is 4.54. The van der Waals surface area contributed by atoms with E-state index in [1.807, 2.05) is 49.7 Å². The highest BCUT2D eigenvalue weighted by molar-refractivity contribution is 5.75. The topological polar surface area (TPSA) is 94.4 Å². The van der Waals surface area contributed by atoms with E-state index in [9.17, 15) is 4.79 Å². The number of nitrogens with one attached hydrogen (secondary N) is 1. The Balaban J connectivity index is 1.34. The first-order valence-electron chi connectivity index (χ1n) is 11.2. The summed E-state index contributed by atoms with van der Waals surface area (Å²) in [5, 5.41) is 7.67. The molecule has 0 aromatic carbocycles. The lowest BCUT2D eigenvalue weighted by molar-refractivity contribution is -0.0286. The van der Waals surface area contributed by atoms with Crippen LogP contribution in [-0.2, 0) is 9.47 Å². The van der Waals surface area contributed by atoms with Crippen LogP contribution in [0.15, 0.2) is 24.7 Å². The van der Waals surface area contributed by atoms with Crippen LogP contribution in [0.5, 0.6) is 0 Å². The number of carbonyl (C=O) groups is 1. The van der Waals surface area contributed by atoms with Crippen LogP contribution < -0.4 is 5.32 Å². The molecule has 2 fully saturated rings. The Morgan fingerprint density at radius 3 is 2.72 bits per heavy atom. The van der Waals surface area contributed by atoms with Crippen LogP contribution in [0.2, 0.25) is 0 Å². The molecule has 2 bridgehead atoms. The van der Waals surface area contributed by atoms with Gasteiger partial charge in [0.25, 0.3) is 0 Å². The van der Waals surface area contributed by atoms with Gasteiger partial charge in [0.05, 0.1) is 42.9 Å². The van der Waals surface area contributed by atoms with Crippen LogP contribution in [0.4, 0.5) is 16.4 Å². The van der Waals surface area contributed by atoms with E-state index in [1.165, 1.54) is 5.57 Å². The van der Waals surface area contributed by atoms with Crippen molar-refractivity contribution >= 4 is 23.3 Å². The summed E-state index contributed by atoms with van der Waals surface area (Å²) in [5.41, 5.74) is 3.48. The molecule has 0 aliphatic carbocycles. The summed E-state index contributed by atoms with van der Waals surface area (Å²) < 4.78 is 12.8. The smallest absolute Gasteiger partial charge is 0.411 e. The van der Waals surface area contributed by atoms with Gasteiger partial charge in [-0.25, -0.2) is 14.8 Å². The quantitative estimate of drug-likeness (QED) is 0.775. The average Bonchev–Trinajstić information content (AvgIpc) is 3.22. The summed E-state index contributed by atoms with van der Waals surface area (Å²) in [6.45, 7) is 9.13. The standard InChI is InChI=1S/C23H30N6O3/c1-14-9-24-21(26-16-10-25-28(11-16)19-12-31-13-19)27-20(14)15-7-17-5-6-18(8-15)29(17)22(30)32-23(2,3)4/h7,9-11,17-19H,5-6,8,12-13H2,1-4H3,(H,24,26,27). The molecule has 5 rings (SSSR count). The second-order valence-corrected chi connectivity index (χ2v) is 9.83. The van der Waals surface area contributed by atoms with Gasteiger partial charge < -0.3 is 14.8 Å². The molecule has 2 saturated heterocycles. The molecule has 0 radical (unpaired) electrons.